The van der Waals surface area contributed by atoms with Gasteiger partial charge in [0.25, 0.3) is 5.91 Å². The number of amides is 1. The van der Waals surface area contributed by atoms with Gasteiger partial charge in [0.2, 0.25) is 0 Å². The number of hydrogen-bond donors (Lipinski definition) is 1. The van der Waals surface area contributed by atoms with Gasteiger partial charge in [0.15, 0.2) is 19.0 Å². The maximum atomic E-state index is 13.3. The molecule has 0 radical (unpaired) electrons. The van der Waals surface area contributed by atoms with Crippen LogP contribution < -0.4 is 10.1 Å². The zero-order valence-corrected chi connectivity index (χ0v) is 15.7. The van der Waals surface area contributed by atoms with Crippen LogP contribution in [0.2, 0.25) is 0 Å². The van der Waals surface area contributed by atoms with Crippen LogP contribution in [-0.2, 0) is 19.7 Å². The van der Waals surface area contributed by atoms with Gasteiger partial charge in [-0.05, 0) is 48.7 Å². The molecule has 0 bridgehead atoms. The van der Waals surface area contributed by atoms with Crippen molar-refractivity contribution < 1.29 is 28.2 Å². The van der Waals surface area contributed by atoms with Crippen LogP contribution >= 0.6 is 0 Å². The maximum absolute atomic E-state index is 13.3. The first-order valence-electron chi connectivity index (χ1n) is 9.51. The molecule has 1 amide bonds. The van der Waals surface area contributed by atoms with E-state index in [9.17, 15) is 18.8 Å². The number of rotatable bonds is 5. The minimum Gasteiger partial charge on any atom is -0.482 e. The largest absolute Gasteiger partial charge is 0.482 e. The number of halogens is 1. The molecular weight excluding hydrogens is 377 g/mol. The number of Topliss-reactive ketones (excluding diaryl/α,β-unsaturated/α-hetero) is 1. The van der Waals surface area contributed by atoms with Crippen molar-refractivity contribution in [3.8, 4) is 5.75 Å². The van der Waals surface area contributed by atoms with Crippen molar-refractivity contribution in [3.63, 3.8) is 0 Å². The van der Waals surface area contributed by atoms with Gasteiger partial charge in [-0.2, -0.15) is 0 Å². The van der Waals surface area contributed by atoms with Crippen LogP contribution in [0.5, 0.6) is 5.75 Å². The zero-order valence-electron chi connectivity index (χ0n) is 15.7. The van der Waals surface area contributed by atoms with E-state index >= 15 is 0 Å². The SMILES string of the molecule is O=C1COc2ccc(C(=O)COC(=O)C3(c4ccc(F)cc4)CCCC3)cc2N1. The molecular formula is C22H20FNO5. The molecule has 6 nitrogen and oxygen atoms in total. The van der Waals surface area contributed by atoms with E-state index in [2.05, 4.69) is 5.32 Å². The van der Waals surface area contributed by atoms with Gasteiger partial charge in [0, 0.05) is 5.56 Å². The molecule has 1 saturated carbocycles. The van der Waals surface area contributed by atoms with Crippen LogP contribution in [0.1, 0.15) is 41.6 Å². The first-order chi connectivity index (χ1) is 14.0. The van der Waals surface area contributed by atoms with Gasteiger partial charge < -0.3 is 14.8 Å². The molecule has 0 spiro atoms. The lowest BCUT2D eigenvalue weighted by atomic mass is 9.79. The van der Waals surface area contributed by atoms with Crippen LogP contribution in [0.15, 0.2) is 42.5 Å². The molecule has 1 fully saturated rings. The van der Waals surface area contributed by atoms with Crippen LogP contribution in [0.3, 0.4) is 0 Å². The van der Waals surface area contributed by atoms with Crippen molar-refractivity contribution in [3.05, 3.63) is 59.4 Å². The molecule has 0 aromatic heterocycles. The number of carbonyl (C=O) groups excluding carboxylic acids is 3. The molecule has 1 aliphatic heterocycles. The summed E-state index contributed by atoms with van der Waals surface area (Å²) in [6.07, 6.45) is 2.94. The molecule has 150 valence electrons. The third kappa shape index (κ3) is 3.72. The molecule has 0 saturated heterocycles. The van der Waals surface area contributed by atoms with Gasteiger partial charge in [-0.3, -0.25) is 14.4 Å². The highest BCUT2D eigenvalue weighted by molar-refractivity contribution is 6.02. The highest BCUT2D eigenvalue weighted by atomic mass is 19.1. The topological polar surface area (TPSA) is 81.7 Å². The fourth-order valence-corrected chi connectivity index (χ4v) is 3.97. The third-order valence-corrected chi connectivity index (χ3v) is 5.51. The number of benzene rings is 2. The van der Waals surface area contributed by atoms with E-state index in [1.807, 2.05) is 0 Å². The maximum Gasteiger partial charge on any atom is 0.317 e. The summed E-state index contributed by atoms with van der Waals surface area (Å²) in [4.78, 5) is 36.9. The van der Waals surface area contributed by atoms with E-state index in [1.54, 1.807) is 24.3 Å². The Morgan fingerprint density at radius 3 is 2.55 bits per heavy atom. The van der Waals surface area contributed by atoms with Crippen molar-refractivity contribution in [1.82, 2.24) is 0 Å². The van der Waals surface area contributed by atoms with Gasteiger partial charge in [-0.1, -0.05) is 25.0 Å². The first-order valence-corrected chi connectivity index (χ1v) is 9.51. The van der Waals surface area contributed by atoms with Crippen LogP contribution in [0.25, 0.3) is 0 Å². The van der Waals surface area contributed by atoms with Crippen molar-refractivity contribution in [1.29, 1.82) is 0 Å². The molecule has 1 N–H and O–H groups in total. The Hall–Kier alpha value is -3.22. The van der Waals surface area contributed by atoms with Gasteiger partial charge in [0.1, 0.15) is 11.6 Å². The number of esters is 1. The minimum absolute atomic E-state index is 0.0661. The Balaban J connectivity index is 1.47. The van der Waals surface area contributed by atoms with Gasteiger partial charge in [0.05, 0.1) is 11.1 Å². The summed E-state index contributed by atoms with van der Waals surface area (Å²) in [5, 5.41) is 2.64. The van der Waals surface area contributed by atoms with E-state index in [0.717, 1.165) is 12.8 Å². The third-order valence-electron chi connectivity index (χ3n) is 5.51. The van der Waals surface area contributed by atoms with E-state index in [0.29, 0.717) is 35.4 Å². The lowest BCUT2D eigenvalue weighted by Gasteiger charge is -2.27. The number of fused-ring (bicyclic) bond motifs is 1. The number of ether oxygens (including phenoxy) is 2. The summed E-state index contributed by atoms with van der Waals surface area (Å²) in [7, 11) is 0. The monoisotopic (exact) mass is 397 g/mol. The average molecular weight is 397 g/mol. The molecule has 2 aromatic rings. The summed E-state index contributed by atoms with van der Waals surface area (Å²) < 4.78 is 24.0. The first kappa shape index (κ1) is 19.1. The summed E-state index contributed by atoms with van der Waals surface area (Å²) in [5.74, 6) is -1.03. The lowest BCUT2D eigenvalue weighted by molar-refractivity contribution is -0.149. The average Bonchev–Trinajstić information content (AvgIpc) is 3.23. The van der Waals surface area contributed by atoms with Crippen LogP contribution in [-0.4, -0.2) is 30.9 Å². The zero-order chi connectivity index (χ0) is 20.4. The fraction of sp³-hybridized carbons (Fsp3) is 0.318. The Morgan fingerprint density at radius 2 is 1.83 bits per heavy atom. The molecule has 29 heavy (non-hydrogen) atoms. The minimum atomic E-state index is -0.842. The van der Waals surface area contributed by atoms with Crippen molar-refractivity contribution in [2.75, 3.05) is 18.5 Å². The van der Waals surface area contributed by atoms with Crippen LogP contribution in [0, 0.1) is 5.82 Å². The highest BCUT2D eigenvalue weighted by Gasteiger charge is 2.44. The Labute approximate surface area is 167 Å². The summed E-state index contributed by atoms with van der Waals surface area (Å²) >= 11 is 0. The second kappa shape index (κ2) is 7.66. The normalized spacial score (nSPS) is 17.1. The second-order valence-electron chi connectivity index (χ2n) is 7.34. The predicted octanol–water partition coefficient (Wildman–Crippen LogP) is 3.39. The predicted molar refractivity (Wildman–Crippen MR) is 102 cm³/mol. The molecule has 1 aliphatic carbocycles. The second-order valence-corrected chi connectivity index (χ2v) is 7.34. The van der Waals surface area contributed by atoms with Crippen molar-refractivity contribution in [2.24, 2.45) is 0 Å². The number of carbonyl (C=O) groups is 3. The number of hydrogen-bond acceptors (Lipinski definition) is 5. The van der Waals surface area contributed by atoms with E-state index in [4.69, 9.17) is 9.47 Å². The van der Waals surface area contributed by atoms with E-state index in [1.165, 1.54) is 18.2 Å². The van der Waals surface area contributed by atoms with E-state index in [-0.39, 0.29) is 24.1 Å². The van der Waals surface area contributed by atoms with Crippen molar-refractivity contribution in [2.45, 2.75) is 31.1 Å². The van der Waals surface area contributed by atoms with Gasteiger partial charge in [-0.25, -0.2) is 4.39 Å². The standard InChI is InChI=1S/C22H20FNO5/c23-16-6-4-15(5-7-16)22(9-1-2-10-22)21(27)29-12-18(25)14-3-8-19-17(11-14)24-20(26)13-28-19/h3-8,11H,1-2,9-10,12-13H2,(H,24,26). The smallest absolute Gasteiger partial charge is 0.317 e. The van der Waals surface area contributed by atoms with Crippen molar-refractivity contribution >= 4 is 23.3 Å². The van der Waals surface area contributed by atoms with Gasteiger partial charge in [-0.15, -0.1) is 0 Å². The number of anilines is 1. The fourth-order valence-electron chi connectivity index (χ4n) is 3.97. The summed E-state index contributed by atoms with van der Waals surface area (Å²) in [6, 6.07) is 10.5. The Bertz CT molecular complexity index is 964. The molecule has 4 rings (SSSR count). The van der Waals surface area contributed by atoms with Crippen LogP contribution in [0.4, 0.5) is 10.1 Å². The lowest BCUT2D eigenvalue weighted by Crippen LogP contribution is -2.36. The molecule has 1 heterocycles. The Kier molecular flexibility index (Phi) is 5.05. The number of ketones is 1. The van der Waals surface area contributed by atoms with E-state index < -0.39 is 18.0 Å². The molecule has 2 aromatic carbocycles. The van der Waals surface area contributed by atoms with Gasteiger partial charge >= 0.3 is 5.97 Å². The molecule has 2 aliphatic rings. The summed E-state index contributed by atoms with van der Waals surface area (Å²) in [6.45, 7) is -0.473. The molecule has 0 unspecified atom stereocenters. The molecule has 7 heteroatoms. The Morgan fingerprint density at radius 1 is 1.10 bits per heavy atom. The highest BCUT2D eigenvalue weighted by Crippen LogP contribution is 2.42. The summed E-state index contributed by atoms with van der Waals surface area (Å²) in [5.41, 5.74) is 0.593. The quantitative estimate of drug-likeness (QED) is 0.618. The molecule has 0 atom stereocenters. The number of nitrogens with one attached hydrogen (secondary N) is 1.